The van der Waals surface area contributed by atoms with Gasteiger partial charge in [0.1, 0.15) is 12.4 Å². The van der Waals surface area contributed by atoms with Gasteiger partial charge in [0.05, 0.1) is 5.92 Å². The average molecular weight is 414 g/mol. The van der Waals surface area contributed by atoms with Crippen LogP contribution in [0.5, 0.6) is 11.5 Å². The standard InChI is InChI=1S/C27H23FO3/c1-26(2)24(27(26)15-14-19-8-6-7-11-21(19)27)25(29)30-17-18-12-13-22(28)23(16-18)31-20-9-4-3-5-10-20/h3-16,24H,17H2,1-2H3. The number of fused-ring (bicyclic) bond motifs is 2. The van der Waals surface area contributed by atoms with Gasteiger partial charge in [-0.25, -0.2) is 4.39 Å². The molecular weight excluding hydrogens is 391 g/mol. The van der Waals surface area contributed by atoms with Crippen LogP contribution in [0.2, 0.25) is 0 Å². The number of rotatable bonds is 5. The zero-order valence-corrected chi connectivity index (χ0v) is 17.5. The Balaban J connectivity index is 1.31. The van der Waals surface area contributed by atoms with Crippen molar-refractivity contribution in [3.8, 4) is 11.5 Å². The quantitative estimate of drug-likeness (QED) is 0.461. The van der Waals surface area contributed by atoms with E-state index in [0.717, 1.165) is 5.56 Å². The van der Waals surface area contributed by atoms with Crippen LogP contribution in [0.25, 0.3) is 6.08 Å². The maximum Gasteiger partial charge on any atom is 0.311 e. The van der Waals surface area contributed by atoms with Gasteiger partial charge in [-0.3, -0.25) is 4.79 Å². The number of allylic oxidation sites excluding steroid dienone is 1. The largest absolute Gasteiger partial charge is 0.461 e. The predicted molar refractivity (Wildman–Crippen MR) is 117 cm³/mol. The highest BCUT2D eigenvalue weighted by Gasteiger charge is 2.75. The number of para-hydroxylation sites is 1. The Morgan fingerprint density at radius 2 is 1.74 bits per heavy atom. The molecule has 0 aliphatic heterocycles. The van der Waals surface area contributed by atoms with E-state index in [4.69, 9.17) is 9.47 Å². The van der Waals surface area contributed by atoms with Gasteiger partial charge >= 0.3 is 5.97 Å². The van der Waals surface area contributed by atoms with E-state index < -0.39 is 5.82 Å². The smallest absolute Gasteiger partial charge is 0.311 e. The molecule has 3 aromatic carbocycles. The topological polar surface area (TPSA) is 35.5 Å². The first-order chi connectivity index (χ1) is 14.9. The third kappa shape index (κ3) is 3.05. The van der Waals surface area contributed by atoms with Crippen molar-refractivity contribution in [1.82, 2.24) is 0 Å². The highest BCUT2D eigenvalue weighted by molar-refractivity contribution is 5.86. The number of ether oxygens (including phenoxy) is 2. The highest BCUT2D eigenvalue weighted by atomic mass is 19.1. The van der Waals surface area contributed by atoms with Crippen LogP contribution in [0.4, 0.5) is 4.39 Å². The molecule has 5 rings (SSSR count). The summed E-state index contributed by atoms with van der Waals surface area (Å²) in [4.78, 5) is 13.0. The van der Waals surface area contributed by atoms with E-state index in [2.05, 4.69) is 38.1 Å². The Hall–Kier alpha value is -3.40. The lowest BCUT2D eigenvalue weighted by molar-refractivity contribution is -0.147. The molecule has 0 bridgehead atoms. The van der Waals surface area contributed by atoms with Crippen molar-refractivity contribution in [3.63, 3.8) is 0 Å². The molecule has 0 amide bonds. The zero-order chi connectivity index (χ0) is 21.6. The van der Waals surface area contributed by atoms with Crippen molar-refractivity contribution in [1.29, 1.82) is 0 Å². The molecule has 1 saturated carbocycles. The average Bonchev–Trinajstić information content (AvgIpc) is 3.05. The van der Waals surface area contributed by atoms with Gasteiger partial charge < -0.3 is 9.47 Å². The van der Waals surface area contributed by atoms with Crippen LogP contribution >= 0.6 is 0 Å². The first kappa shape index (κ1) is 19.6. The van der Waals surface area contributed by atoms with Crippen molar-refractivity contribution in [2.75, 3.05) is 0 Å². The molecule has 2 aliphatic carbocycles. The fourth-order valence-electron chi connectivity index (χ4n) is 4.99. The van der Waals surface area contributed by atoms with E-state index >= 15 is 0 Å². The number of carbonyl (C=O) groups is 1. The minimum Gasteiger partial charge on any atom is -0.461 e. The van der Waals surface area contributed by atoms with Crippen molar-refractivity contribution in [2.24, 2.45) is 11.3 Å². The third-order valence-electron chi connectivity index (χ3n) is 6.68. The molecule has 156 valence electrons. The van der Waals surface area contributed by atoms with E-state index in [1.54, 1.807) is 24.3 Å². The molecule has 0 N–H and O–H groups in total. The van der Waals surface area contributed by atoms with Crippen LogP contribution in [0.1, 0.15) is 30.5 Å². The molecule has 31 heavy (non-hydrogen) atoms. The zero-order valence-electron chi connectivity index (χ0n) is 17.5. The summed E-state index contributed by atoms with van der Waals surface area (Å²) in [7, 11) is 0. The van der Waals surface area contributed by atoms with Crippen LogP contribution in [0.15, 0.2) is 78.9 Å². The fraction of sp³-hybridized carbons (Fsp3) is 0.222. The maximum atomic E-state index is 14.2. The first-order valence-corrected chi connectivity index (χ1v) is 10.4. The maximum absolute atomic E-state index is 14.2. The fourth-order valence-corrected chi connectivity index (χ4v) is 4.99. The van der Waals surface area contributed by atoms with Crippen molar-refractivity contribution in [3.05, 3.63) is 101 Å². The summed E-state index contributed by atoms with van der Waals surface area (Å²) in [5.74, 6) is -0.296. The third-order valence-corrected chi connectivity index (χ3v) is 6.68. The summed E-state index contributed by atoms with van der Waals surface area (Å²) in [5.41, 5.74) is 2.48. The van der Waals surface area contributed by atoms with Crippen LogP contribution in [0.3, 0.4) is 0 Å². The first-order valence-electron chi connectivity index (χ1n) is 10.4. The molecule has 3 aromatic rings. The normalized spacial score (nSPS) is 22.2. The molecule has 0 heterocycles. The number of benzene rings is 3. The van der Waals surface area contributed by atoms with Crippen LogP contribution < -0.4 is 4.74 Å². The molecular formula is C27H23FO3. The Kier molecular flexibility index (Phi) is 4.47. The molecule has 2 unspecified atom stereocenters. The number of hydrogen-bond acceptors (Lipinski definition) is 3. The van der Waals surface area contributed by atoms with Gasteiger partial charge in [0.2, 0.25) is 0 Å². The van der Waals surface area contributed by atoms with Crippen molar-refractivity contribution >= 4 is 12.0 Å². The highest BCUT2D eigenvalue weighted by Crippen LogP contribution is 2.72. The molecule has 0 radical (unpaired) electrons. The molecule has 4 heteroatoms. The van der Waals surface area contributed by atoms with Gasteiger partial charge in [-0.1, -0.05) is 74.5 Å². The van der Waals surface area contributed by atoms with E-state index in [1.807, 2.05) is 30.3 Å². The predicted octanol–water partition coefficient (Wildman–Crippen LogP) is 6.28. The molecule has 0 aromatic heterocycles. The summed E-state index contributed by atoms with van der Waals surface area (Å²) in [6.45, 7) is 4.28. The number of esters is 1. The van der Waals surface area contributed by atoms with E-state index in [0.29, 0.717) is 11.3 Å². The minimum absolute atomic E-state index is 0.0677. The summed E-state index contributed by atoms with van der Waals surface area (Å²) in [5, 5.41) is 0. The summed E-state index contributed by atoms with van der Waals surface area (Å²) in [6, 6.07) is 21.7. The van der Waals surface area contributed by atoms with E-state index in [9.17, 15) is 9.18 Å². The lowest BCUT2D eigenvalue weighted by atomic mass is 9.90. The molecule has 2 aliphatic rings. The number of halogens is 1. The van der Waals surface area contributed by atoms with Gasteiger partial charge in [0.25, 0.3) is 0 Å². The SMILES string of the molecule is CC1(C)C(C(=O)OCc2ccc(F)c(Oc3ccccc3)c2)C12C=Cc1ccccc12. The molecule has 3 nitrogen and oxygen atoms in total. The van der Waals surface area contributed by atoms with E-state index in [-0.39, 0.29) is 35.1 Å². The number of hydrogen-bond donors (Lipinski definition) is 0. The Morgan fingerprint density at radius 1 is 1.00 bits per heavy atom. The second-order valence-corrected chi connectivity index (χ2v) is 8.73. The van der Waals surface area contributed by atoms with Gasteiger partial charge in [-0.2, -0.15) is 0 Å². The molecule has 0 saturated heterocycles. The molecule has 2 atom stereocenters. The van der Waals surface area contributed by atoms with Crippen LogP contribution in [0, 0.1) is 17.2 Å². The summed E-state index contributed by atoms with van der Waals surface area (Å²) in [6.07, 6.45) is 4.24. The van der Waals surface area contributed by atoms with Gasteiger partial charge in [0.15, 0.2) is 11.6 Å². The Morgan fingerprint density at radius 3 is 2.55 bits per heavy atom. The lowest BCUT2D eigenvalue weighted by Crippen LogP contribution is -2.14. The van der Waals surface area contributed by atoms with E-state index in [1.165, 1.54) is 11.6 Å². The van der Waals surface area contributed by atoms with Gasteiger partial charge in [-0.15, -0.1) is 0 Å². The molecule has 1 spiro atoms. The van der Waals surface area contributed by atoms with Gasteiger partial charge in [-0.05, 0) is 46.4 Å². The van der Waals surface area contributed by atoms with Crippen LogP contribution in [-0.4, -0.2) is 5.97 Å². The Labute approximate surface area is 181 Å². The summed E-state index contributed by atoms with van der Waals surface area (Å²) < 4.78 is 25.5. The van der Waals surface area contributed by atoms with Crippen molar-refractivity contribution in [2.45, 2.75) is 25.9 Å². The molecule has 1 fully saturated rings. The van der Waals surface area contributed by atoms with Gasteiger partial charge in [0, 0.05) is 5.41 Å². The number of carbonyl (C=O) groups excluding carboxylic acids is 1. The summed E-state index contributed by atoms with van der Waals surface area (Å²) >= 11 is 0. The monoisotopic (exact) mass is 414 g/mol. The van der Waals surface area contributed by atoms with Crippen LogP contribution in [-0.2, 0) is 21.6 Å². The second kappa shape index (κ2) is 7.09. The minimum atomic E-state index is -0.464. The second-order valence-electron chi connectivity index (χ2n) is 8.73. The Bertz CT molecular complexity index is 1180. The van der Waals surface area contributed by atoms with Crippen molar-refractivity contribution < 1.29 is 18.7 Å². The lowest BCUT2D eigenvalue weighted by Gasteiger charge is -2.13.